The van der Waals surface area contributed by atoms with Crippen LogP contribution in [0.4, 0.5) is 0 Å². The van der Waals surface area contributed by atoms with Gasteiger partial charge in [0, 0.05) is 11.1 Å². The Kier molecular flexibility index (Phi) is 2.73. The molecule has 13 heavy (non-hydrogen) atoms. The van der Waals surface area contributed by atoms with Crippen LogP contribution in [0.15, 0.2) is 0 Å². The molecular weight excluding hydrogens is 158 g/mol. The first-order valence-electron chi connectivity index (χ1n) is 5.11. The van der Waals surface area contributed by atoms with E-state index in [1.54, 1.807) is 0 Å². The number of piperidine rings is 1. The first-order chi connectivity index (χ1) is 5.90. The Labute approximate surface area is 82.5 Å². The molecule has 0 saturated carbocycles. The second-order valence-corrected chi connectivity index (χ2v) is 5.27. The van der Waals surface area contributed by atoms with E-state index in [-0.39, 0.29) is 11.1 Å². The molecule has 0 aromatic rings. The van der Waals surface area contributed by atoms with E-state index >= 15 is 0 Å². The Bertz CT molecular complexity index is 204. The van der Waals surface area contributed by atoms with Crippen molar-refractivity contribution in [2.75, 3.05) is 6.54 Å². The van der Waals surface area contributed by atoms with Crippen LogP contribution < -0.4 is 0 Å². The van der Waals surface area contributed by atoms with Gasteiger partial charge in [0.05, 0.1) is 6.54 Å². The lowest BCUT2D eigenvalue weighted by molar-refractivity contribution is -0.0144. The van der Waals surface area contributed by atoms with Crippen LogP contribution in [0.3, 0.4) is 0 Å². The number of nitrogens with zero attached hydrogens (tertiary/aromatic N) is 1. The molecule has 74 valence electrons. The molecule has 0 unspecified atom stereocenters. The smallest absolute Gasteiger partial charge is 0.0608 e. The molecule has 0 bridgehead atoms. The zero-order valence-electron chi connectivity index (χ0n) is 9.35. The second-order valence-electron chi connectivity index (χ2n) is 5.27. The molecular formula is C12H21N. The minimum absolute atomic E-state index is 0.272. The summed E-state index contributed by atoms with van der Waals surface area (Å²) in [7, 11) is 0. The van der Waals surface area contributed by atoms with Crippen LogP contribution in [0, 0.1) is 12.3 Å². The number of rotatable bonds is 1. The van der Waals surface area contributed by atoms with E-state index in [0.29, 0.717) is 0 Å². The Morgan fingerprint density at radius 1 is 1.15 bits per heavy atom. The molecule has 0 atom stereocenters. The van der Waals surface area contributed by atoms with Crippen molar-refractivity contribution < 1.29 is 0 Å². The van der Waals surface area contributed by atoms with Crippen LogP contribution in [-0.4, -0.2) is 22.5 Å². The van der Waals surface area contributed by atoms with Gasteiger partial charge >= 0.3 is 0 Å². The van der Waals surface area contributed by atoms with Gasteiger partial charge < -0.3 is 0 Å². The van der Waals surface area contributed by atoms with Gasteiger partial charge in [0.1, 0.15) is 0 Å². The van der Waals surface area contributed by atoms with Crippen LogP contribution in [0.2, 0.25) is 0 Å². The minimum Gasteiger partial charge on any atom is -0.282 e. The third-order valence-corrected chi connectivity index (χ3v) is 3.29. The Balaban J connectivity index is 2.85. The summed E-state index contributed by atoms with van der Waals surface area (Å²) >= 11 is 0. The summed E-state index contributed by atoms with van der Waals surface area (Å²) in [5, 5.41) is 0. The summed E-state index contributed by atoms with van der Waals surface area (Å²) in [6, 6.07) is 0. The lowest BCUT2D eigenvalue weighted by atomic mass is 9.80. The topological polar surface area (TPSA) is 3.24 Å². The lowest BCUT2D eigenvalue weighted by Crippen LogP contribution is -2.58. The first kappa shape index (κ1) is 10.6. The standard InChI is InChI=1S/C12H21N/c1-6-10-13-11(2,3)8-7-9-12(13,4)5/h1H,7-10H2,2-5H3. The van der Waals surface area contributed by atoms with Crippen molar-refractivity contribution in [3.63, 3.8) is 0 Å². The SMILES string of the molecule is C#CCN1C(C)(C)CCCC1(C)C. The van der Waals surface area contributed by atoms with Gasteiger partial charge in [-0.25, -0.2) is 0 Å². The number of hydrogen-bond donors (Lipinski definition) is 0. The number of terminal acetylenes is 1. The van der Waals surface area contributed by atoms with Crippen LogP contribution in [-0.2, 0) is 0 Å². The van der Waals surface area contributed by atoms with Crippen LogP contribution >= 0.6 is 0 Å². The van der Waals surface area contributed by atoms with Gasteiger partial charge in [-0.2, -0.15) is 0 Å². The summed E-state index contributed by atoms with van der Waals surface area (Å²) in [6.45, 7) is 9.97. The van der Waals surface area contributed by atoms with Gasteiger partial charge in [-0.1, -0.05) is 5.92 Å². The third kappa shape index (κ3) is 2.06. The normalized spacial score (nSPS) is 26.7. The fourth-order valence-corrected chi connectivity index (χ4v) is 2.56. The number of likely N-dealkylation sites (tertiary alicyclic amines) is 1. The van der Waals surface area contributed by atoms with Crippen molar-refractivity contribution in [2.45, 2.75) is 58.0 Å². The van der Waals surface area contributed by atoms with E-state index in [9.17, 15) is 0 Å². The van der Waals surface area contributed by atoms with Crippen molar-refractivity contribution in [2.24, 2.45) is 0 Å². The van der Waals surface area contributed by atoms with Gasteiger partial charge in [0.15, 0.2) is 0 Å². The van der Waals surface area contributed by atoms with Crippen molar-refractivity contribution in [1.29, 1.82) is 0 Å². The zero-order valence-corrected chi connectivity index (χ0v) is 9.35. The van der Waals surface area contributed by atoms with Crippen LogP contribution in [0.5, 0.6) is 0 Å². The van der Waals surface area contributed by atoms with Gasteiger partial charge in [-0.05, 0) is 47.0 Å². The molecule has 0 radical (unpaired) electrons. The molecule has 1 heteroatoms. The molecule has 0 aromatic heterocycles. The predicted octanol–water partition coefficient (Wildman–Crippen LogP) is 2.66. The molecule has 0 spiro atoms. The van der Waals surface area contributed by atoms with E-state index in [2.05, 4.69) is 38.5 Å². The Hall–Kier alpha value is -0.480. The molecule has 1 fully saturated rings. The Morgan fingerprint density at radius 3 is 2.00 bits per heavy atom. The molecule has 0 amide bonds. The van der Waals surface area contributed by atoms with E-state index in [1.165, 1.54) is 19.3 Å². The van der Waals surface area contributed by atoms with E-state index in [1.807, 2.05) is 0 Å². The maximum atomic E-state index is 5.41. The highest BCUT2D eigenvalue weighted by atomic mass is 15.2. The van der Waals surface area contributed by atoms with Crippen molar-refractivity contribution in [3.8, 4) is 12.3 Å². The highest BCUT2D eigenvalue weighted by Crippen LogP contribution is 2.37. The minimum atomic E-state index is 0.272. The average Bonchev–Trinajstić information content (AvgIpc) is 1.96. The number of hydrogen-bond acceptors (Lipinski definition) is 1. The molecule has 1 aliphatic rings. The lowest BCUT2D eigenvalue weighted by Gasteiger charge is -2.52. The fourth-order valence-electron chi connectivity index (χ4n) is 2.56. The molecule has 1 nitrogen and oxygen atoms in total. The maximum absolute atomic E-state index is 5.41. The summed E-state index contributed by atoms with van der Waals surface area (Å²) in [4.78, 5) is 2.46. The highest BCUT2D eigenvalue weighted by Gasteiger charge is 2.40. The summed E-state index contributed by atoms with van der Waals surface area (Å²) < 4.78 is 0. The van der Waals surface area contributed by atoms with Crippen LogP contribution in [0.1, 0.15) is 47.0 Å². The predicted molar refractivity (Wildman–Crippen MR) is 57.5 cm³/mol. The summed E-state index contributed by atoms with van der Waals surface area (Å²) in [5.74, 6) is 2.77. The van der Waals surface area contributed by atoms with Crippen molar-refractivity contribution >= 4 is 0 Å². The van der Waals surface area contributed by atoms with E-state index < -0.39 is 0 Å². The zero-order chi connectivity index (χ0) is 10.1. The van der Waals surface area contributed by atoms with Crippen LogP contribution in [0.25, 0.3) is 0 Å². The van der Waals surface area contributed by atoms with Gasteiger partial charge in [0.25, 0.3) is 0 Å². The van der Waals surface area contributed by atoms with E-state index in [4.69, 9.17) is 6.42 Å². The molecule has 1 aliphatic heterocycles. The van der Waals surface area contributed by atoms with Crippen molar-refractivity contribution in [1.82, 2.24) is 4.90 Å². The largest absolute Gasteiger partial charge is 0.282 e. The van der Waals surface area contributed by atoms with E-state index in [0.717, 1.165) is 6.54 Å². The molecule has 1 heterocycles. The molecule has 1 rings (SSSR count). The quantitative estimate of drug-likeness (QED) is 0.559. The molecule has 0 aromatic carbocycles. The molecule has 0 aliphatic carbocycles. The summed E-state index contributed by atoms with van der Waals surface area (Å²) in [5.41, 5.74) is 0.544. The summed E-state index contributed by atoms with van der Waals surface area (Å²) in [6.07, 6.45) is 9.25. The Morgan fingerprint density at radius 2 is 1.62 bits per heavy atom. The van der Waals surface area contributed by atoms with Gasteiger partial charge in [0.2, 0.25) is 0 Å². The fraction of sp³-hybridized carbons (Fsp3) is 0.833. The second kappa shape index (κ2) is 3.35. The monoisotopic (exact) mass is 179 g/mol. The maximum Gasteiger partial charge on any atom is 0.0608 e. The van der Waals surface area contributed by atoms with Crippen molar-refractivity contribution in [3.05, 3.63) is 0 Å². The molecule has 1 saturated heterocycles. The first-order valence-corrected chi connectivity index (χ1v) is 5.11. The van der Waals surface area contributed by atoms with Gasteiger partial charge in [-0.3, -0.25) is 4.90 Å². The highest BCUT2D eigenvalue weighted by molar-refractivity contribution is 5.02. The average molecular weight is 179 g/mol. The van der Waals surface area contributed by atoms with Gasteiger partial charge in [-0.15, -0.1) is 6.42 Å². The third-order valence-electron chi connectivity index (χ3n) is 3.29. The molecule has 0 N–H and O–H groups in total.